The van der Waals surface area contributed by atoms with Crippen LogP contribution in [0, 0.1) is 5.41 Å². The van der Waals surface area contributed by atoms with Crippen LogP contribution in [0.1, 0.15) is 55.8 Å². The zero-order valence-electron chi connectivity index (χ0n) is 13.6. The third kappa shape index (κ3) is 2.98. The van der Waals surface area contributed by atoms with Crippen molar-refractivity contribution in [3.8, 4) is 5.75 Å². The molecule has 22 heavy (non-hydrogen) atoms. The Bertz CT molecular complexity index is 581. The summed E-state index contributed by atoms with van der Waals surface area (Å²) >= 11 is 0. The van der Waals surface area contributed by atoms with E-state index in [9.17, 15) is 4.79 Å². The van der Waals surface area contributed by atoms with Crippen LogP contribution in [0.3, 0.4) is 0 Å². The number of carbonyl (C=O) groups excluding carboxylic acids is 1. The van der Waals surface area contributed by atoms with Gasteiger partial charge < -0.3 is 15.8 Å². The van der Waals surface area contributed by atoms with E-state index in [-0.39, 0.29) is 11.9 Å². The van der Waals surface area contributed by atoms with Crippen molar-refractivity contribution in [3.05, 3.63) is 28.8 Å². The molecular weight excluding hydrogens is 276 g/mol. The normalized spacial score (nSPS) is 20.7. The molecule has 1 amide bonds. The fourth-order valence-electron chi connectivity index (χ4n) is 3.32. The molecule has 0 fully saturated rings. The van der Waals surface area contributed by atoms with E-state index < -0.39 is 5.41 Å². The summed E-state index contributed by atoms with van der Waals surface area (Å²) in [5, 5.41) is 3.55. The molecule has 3 N–H and O–H groups in total. The molecule has 0 radical (unpaired) electrons. The first-order valence-corrected chi connectivity index (χ1v) is 8.29. The van der Waals surface area contributed by atoms with Crippen LogP contribution in [0.4, 0.5) is 0 Å². The number of rotatable bonds is 4. The molecule has 2 aliphatic rings. The highest BCUT2D eigenvalue weighted by atomic mass is 16.5. The molecule has 120 valence electrons. The number of hydrogen-bond acceptors (Lipinski definition) is 3. The monoisotopic (exact) mass is 302 g/mol. The van der Waals surface area contributed by atoms with Crippen molar-refractivity contribution in [1.29, 1.82) is 0 Å². The Morgan fingerprint density at radius 1 is 1.32 bits per heavy atom. The van der Waals surface area contributed by atoms with Crippen LogP contribution in [0.25, 0.3) is 0 Å². The Hall–Kier alpha value is -1.55. The Kier molecular flexibility index (Phi) is 4.13. The van der Waals surface area contributed by atoms with Crippen LogP contribution in [0.2, 0.25) is 0 Å². The molecule has 0 aromatic heterocycles. The Morgan fingerprint density at radius 2 is 2.05 bits per heavy atom. The van der Waals surface area contributed by atoms with Gasteiger partial charge in [0, 0.05) is 18.2 Å². The smallest absolute Gasteiger partial charge is 0.224 e. The lowest BCUT2D eigenvalue weighted by Crippen LogP contribution is -2.41. The van der Waals surface area contributed by atoms with Gasteiger partial charge in [0.25, 0.3) is 0 Å². The number of hydrogen-bond donors (Lipinski definition) is 2. The maximum absolute atomic E-state index is 11.5. The van der Waals surface area contributed by atoms with Crippen LogP contribution in [-0.4, -0.2) is 19.1 Å². The highest BCUT2D eigenvalue weighted by molar-refractivity contribution is 5.80. The van der Waals surface area contributed by atoms with E-state index in [4.69, 9.17) is 10.5 Å². The summed E-state index contributed by atoms with van der Waals surface area (Å²) in [6, 6.07) is 4.79. The van der Waals surface area contributed by atoms with Gasteiger partial charge in [0.2, 0.25) is 5.91 Å². The highest BCUT2D eigenvalue weighted by Gasteiger charge is 2.28. The quantitative estimate of drug-likeness (QED) is 0.898. The minimum atomic E-state index is -0.538. The Balaban J connectivity index is 1.83. The largest absolute Gasteiger partial charge is 0.493 e. The van der Waals surface area contributed by atoms with Crippen molar-refractivity contribution in [2.45, 2.75) is 52.0 Å². The van der Waals surface area contributed by atoms with Crippen molar-refractivity contribution < 1.29 is 9.53 Å². The first kappa shape index (κ1) is 15.3. The van der Waals surface area contributed by atoms with Crippen LogP contribution in [0.5, 0.6) is 5.75 Å². The number of primary amides is 1. The van der Waals surface area contributed by atoms with Crippen molar-refractivity contribution >= 4 is 5.91 Å². The molecule has 0 spiro atoms. The third-order valence-corrected chi connectivity index (χ3v) is 4.95. The lowest BCUT2D eigenvalue weighted by molar-refractivity contribution is -0.125. The zero-order valence-corrected chi connectivity index (χ0v) is 13.6. The van der Waals surface area contributed by atoms with Gasteiger partial charge in [-0.05, 0) is 63.1 Å². The average Bonchev–Trinajstić information content (AvgIpc) is 2.83. The van der Waals surface area contributed by atoms with Crippen molar-refractivity contribution in [1.82, 2.24) is 5.32 Å². The molecule has 1 aromatic rings. The second-order valence-electron chi connectivity index (χ2n) is 7.18. The number of carbonyl (C=O) groups is 1. The van der Waals surface area contributed by atoms with Gasteiger partial charge in [-0.25, -0.2) is 0 Å². The molecule has 3 rings (SSSR count). The van der Waals surface area contributed by atoms with Crippen molar-refractivity contribution in [3.63, 3.8) is 0 Å². The molecular formula is C18H26N2O2. The number of aryl methyl sites for hydroxylation is 2. The van der Waals surface area contributed by atoms with Gasteiger partial charge in [0.05, 0.1) is 12.0 Å². The van der Waals surface area contributed by atoms with E-state index in [0.717, 1.165) is 25.2 Å². The maximum atomic E-state index is 11.5. The highest BCUT2D eigenvalue weighted by Crippen LogP contribution is 2.37. The second-order valence-corrected chi connectivity index (χ2v) is 7.18. The first-order valence-electron chi connectivity index (χ1n) is 8.29. The van der Waals surface area contributed by atoms with Gasteiger partial charge in [-0.3, -0.25) is 4.79 Å². The predicted octanol–water partition coefficient (Wildman–Crippen LogP) is 2.49. The second kappa shape index (κ2) is 5.92. The minimum Gasteiger partial charge on any atom is -0.493 e. The van der Waals surface area contributed by atoms with Crippen LogP contribution in [-0.2, 0) is 17.6 Å². The van der Waals surface area contributed by atoms with Crippen molar-refractivity contribution in [2.24, 2.45) is 11.1 Å². The standard InChI is InChI=1S/C18H26N2O2/c1-18(2,17(19)21)11-20-15-7-4-8-22-16-10-13-6-3-5-12(13)9-14(15)16/h9-10,15,20H,3-8,11H2,1-2H3,(H2,19,21)/t15-/m0/s1. The van der Waals surface area contributed by atoms with E-state index in [1.807, 2.05) is 13.8 Å². The summed E-state index contributed by atoms with van der Waals surface area (Å²) in [5.41, 5.74) is 9.10. The zero-order chi connectivity index (χ0) is 15.7. The van der Waals surface area contributed by atoms with Gasteiger partial charge in [-0.2, -0.15) is 0 Å². The lowest BCUT2D eigenvalue weighted by Gasteiger charge is -2.26. The summed E-state index contributed by atoms with van der Waals surface area (Å²) in [5.74, 6) is 0.756. The van der Waals surface area contributed by atoms with Gasteiger partial charge in [-0.15, -0.1) is 0 Å². The number of nitrogens with one attached hydrogen (secondary N) is 1. The molecule has 1 aliphatic carbocycles. The molecule has 0 saturated heterocycles. The summed E-state index contributed by atoms with van der Waals surface area (Å²) in [6.45, 7) is 5.13. The van der Waals surface area contributed by atoms with Gasteiger partial charge >= 0.3 is 0 Å². The van der Waals surface area contributed by atoms with Gasteiger partial charge in [0.1, 0.15) is 5.75 Å². The SMILES string of the molecule is CC(C)(CN[C@H]1CCCOc2cc3c(cc21)CCC3)C(N)=O. The molecule has 0 unspecified atom stereocenters. The topological polar surface area (TPSA) is 64.3 Å². The predicted molar refractivity (Wildman–Crippen MR) is 86.9 cm³/mol. The molecule has 1 atom stereocenters. The summed E-state index contributed by atoms with van der Waals surface area (Å²) < 4.78 is 5.95. The summed E-state index contributed by atoms with van der Waals surface area (Å²) in [7, 11) is 0. The van der Waals surface area contributed by atoms with Crippen LogP contribution >= 0.6 is 0 Å². The Morgan fingerprint density at radius 3 is 2.77 bits per heavy atom. The van der Waals surface area contributed by atoms with E-state index in [0.29, 0.717) is 6.54 Å². The number of benzene rings is 1. The average molecular weight is 302 g/mol. The van der Waals surface area contributed by atoms with E-state index in [2.05, 4.69) is 17.4 Å². The molecule has 4 nitrogen and oxygen atoms in total. The number of amides is 1. The maximum Gasteiger partial charge on any atom is 0.224 e. The first-order chi connectivity index (χ1) is 10.5. The molecule has 0 bridgehead atoms. The van der Waals surface area contributed by atoms with Crippen molar-refractivity contribution in [2.75, 3.05) is 13.2 Å². The van der Waals surface area contributed by atoms with Crippen LogP contribution < -0.4 is 15.8 Å². The molecule has 1 heterocycles. The van der Waals surface area contributed by atoms with Crippen LogP contribution in [0.15, 0.2) is 12.1 Å². The number of fused-ring (bicyclic) bond motifs is 2. The summed E-state index contributed by atoms with van der Waals surface area (Å²) in [6.07, 6.45) is 5.63. The fraction of sp³-hybridized carbons (Fsp3) is 0.611. The molecule has 1 aliphatic heterocycles. The molecule has 0 saturated carbocycles. The number of ether oxygens (including phenoxy) is 1. The third-order valence-electron chi connectivity index (χ3n) is 4.95. The summed E-state index contributed by atoms with van der Waals surface area (Å²) in [4.78, 5) is 11.5. The Labute approximate surface area is 132 Å². The van der Waals surface area contributed by atoms with E-state index in [1.54, 1.807) is 0 Å². The number of nitrogens with two attached hydrogens (primary N) is 1. The van der Waals surface area contributed by atoms with E-state index >= 15 is 0 Å². The molecule has 1 aromatic carbocycles. The lowest BCUT2D eigenvalue weighted by atomic mass is 9.91. The van der Waals surface area contributed by atoms with E-state index in [1.165, 1.54) is 36.0 Å². The van der Waals surface area contributed by atoms with Gasteiger partial charge in [-0.1, -0.05) is 6.07 Å². The fourth-order valence-corrected chi connectivity index (χ4v) is 3.32. The molecule has 4 heteroatoms. The minimum absolute atomic E-state index is 0.238. The van der Waals surface area contributed by atoms with Gasteiger partial charge in [0.15, 0.2) is 0 Å².